The molecule has 0 saturated heterocycles. The molecule has 0 radical (unpaired) electrons. The minimum atomic E-state index is -0.617. The van der Waals surface area contributed by atoms with Crippen LogP contribution in [-0.2, 0) is 14.3 Å². The average molecular weight is 300 g/mol. The molecular weight excluding hydrogens is 284 g/mol. The molecule has 0 aromatic heterocycles. The number of rotatable bonds is 7. The summed E-state index contributed by atoms with van der Waals surface area (Å²) in [7, 11) is 1.55. The maximum atomic E-state index is 12.0. The molecule has 0 unspecified atom stereocenters. The predicted molar refractivity (Wildman–Crippen MR) is 81.9 cm³/mol. The van der Waals surface area contributed by atoms with Crippen molar-refractivity contribution in [2.24, 2.45) is 0 Å². The first-order chi connectivity index (χ1) is 10.6. The van der Waals surface area contributed by atoms with Crippen LogP contribution in [0.4, 0.5) is 0 Å². The van der Waals surface area contributed by atoms with E-state index in [-0.39, 0.29) is 19.2 Å². The minimum Gasteiger partial charge on any atom is -0.468 e. The Labute approximate surface area is 128 Å². The number of Topliss-reactive ketones (excluding diaryl/α,β-unsaturated/α-hetero) is 1. The minimum absolute atomic E-state index is 0.177. The van der Waals surface area contributed by atoms with Crippen molar-refractivity contribution >= 4 is 22.5 Å². The number of fused-ring (bicyclic) bond motifs is 1. The fraction of sp³-hybridized carbons (Fsp3) is 0.176. The number of ketones is 1. The Bertz CT molecular complexity index is 705. The average Bonchev–Trinajstić information content (AvgIpc) is 2.56. The van der Waals surface area contributed by atoms with E-state index in [1.165, 1.54) is 0 Å². The van der Waals surface area contributed by atoms with Crippen LogP contribution in [0.5, 0.6) is 5.75 Å². The summed E-state index contributed by atoms with van der Waals surface area (Å²) in [4.78, 5) is 22.9. The Kier molecular flexibility index (Phi) is 5.27. The monoisotopic (exact) mass is 300 g/mol. The van der Waals surface area contributed by atoms with Crippen LogP contribution in [0.2, 0.25) is 0 Å². The van der Waals surface area contributed by atoms with Gasteiger partial charge >= 0.3 is 5.97 Å². The summed E-state index contributed by atoms with van der Waals surface area (Å²) in [6, 6.07) is 10.8. The van der Waals surface area contributed by atoms with Gasteiger partial charge in [-0.3, -0.25) is 4.79 Å². The van der Waals surface area contributed by atoms with Crippen molar-refractivity contribution in [1.82, 2.24) is 0 Å². The molecule has 0 atom stereocenters. The predicted octanol–water partition coefficient (Wildman–Crippen LogP) is 2.73. The summed E-state index contributed by atoms with van der Waals surface area (Å²) in [5.74, 6) is -0.195. The Morgan fingerprint density at radius 2 is 1.86 bits per heavy atom. The molecule has 2 aromatic rings. The van der Waals surface area contributed by atoms with E-state index in [1.807, 2.05) is 18.2 Å². The van der Waals surface area contributed by atoms with Crippen molar-refractivity contribution < 1.29 is 23.8 Å². The molecule has 0 fully saturated rings. The summed E-state index contributed by atoms with van der Waals surface area (Å²) in [6.45, 7) is 3.15. The third-order valence-corrected chi connectivity index (χ3v) is 2.99. The van der Waals surface area contributed by atoms with Gasteiger partial charge in [0, 0.05) is 18.7 Å². The van der Waals surface area contributed by atoms with Crippen molar-refractivity contribution in [3.05, 3.63) is 54.6 Å². The molecule has 2 aromatic carbocycles. The lowest BCUT2D eigenvalue weighted by atomic mass is 10.0. The fourth-order valence-corrected chi connectivity index (χ4v) is 1.89. The van der Waals surface area contributed by atoms with Crippen molar-refractivity contribution in [2.45, 2.75) is 0 Å². The Morgan fingerprint density at radius 1 is 1.14 bits per heavy atom. The van der Waals surface area contributed by atoms with Crippen LogP contribution in [0.1, 0.15) is 10.4 Å². The second-order valence-corrected chi connectivity index (χ2v) is 4.51. The lowest BCUT2D eigenvalue weighted by Crippen LogP contribution is -2.12. The summed E-state index contributed by atoms with van der Waals surface area (Å²) in [6.07, 6.45) is 1.02. The van der Waals surface area contributed by atoms with Gasteiger partial charge in [0.25, 0.3) is 0 Å². The fourth-order valence-electron chi connectivity index (χ4n) is 1.89. The van der Waals surface area contributed by atoms with Crippen LogP contribution in [0.3, 0.4) is 0 Å². The molecule has 114 valence electrons. The Hall–Kier alpha value is -2.66. The van der Waals surface area contributed by atoms with Gasteiger partial charge in [-0.25, -0.2) is 4.79 Å². The third-order valence-electron chi connectivity index (χ3n) is 2.99. The number of benzene rings is 2. The standard InChI is InChI=1S/C17H16O5/c1-3-17(19)21-10-16(18)14-5-4-13-9-15(22-11-20-2)7-6-12(13)8-14/h3-9H,1,10-11H2,2H3. The van der Waals surface area contributed by atoms with E-state index < -0.39 is 5.97 Å². The molecule has 0 aliphatic heterocycles. The van der Waals surface area contributed by atoms with Crippen LogP contribution in [0.15, 0.2) is 49.1 Å². The maximum Gasteiger partial charge on any atom is 0.330 e. The largest absolute Gasteiger partial charge is 0.468 e. The molecule has 22 heavy (non-hydrogen) atoms. The number of carbonyl (C=O) groups excluding carboxylic acids is 2. The molecule has 0 aliphatic rings. The van der Waals surface area contributed by atoms with Gasteiger partial charge in [-0.2, -0.15) is 0 Å². The maximum absolute atomic E-state index is 12.0. The number of esters is 1. The highest BCUT2D eigenvalue weighted by Crippen LogP contribution is 2.22. The van der Waals surface area contributed by atoms with Gasteiger partial charge < -0.3 is 14.2 Å². The zero-order valence-electron chi connectivity index (χ0n) is 12.2. The lowest BCUT2D eigenvalue weighted by Gasteiger charge is -2.07. The molecule has 0 bridgehead atoms. The molecule has 0 saturated carbocycles. The van der Waals surface area contributed by atoms with Crippen LogP contribution < -0.4 is 4.74 Å². The number of ether oxygens (including phenoxy) is 3. The zero-order chi connectivity index (χ0) is 15.9. The zero-order valence-corrected chi connectivity index (χ0v) is 12.2. The van der Waals surface area contributed by atoms with Gasteiger partial charge in [0.05, 0.1) is 0 Å². The van der Waals surface area contributed by atoms with E-state index in [0.29, 0.717) is 11.3 Å². The van der Waals surface area contributed by atoms with Crippen molar-refractivity contribution in [1.29, 1.82) is 0 Å². The summed E-state index contributed by atoms with van der Waals surface area (Å²) in [5, 5.41) is 1.83. The van der Waals surface area contributed by atoms with Gasteiger partial charge in [-0.05, 0) is 29.0 Å². The van der Waals surface area contributed by atoms with Crippen LogP contribution in [0, 0.1) is 0 Å². The highest BCUT2D eigenvalue weighted by molar-refractivity contribution is 6.01. The van der Waals surface area contributed by atoms with E-state index in [4.69, 9.17) is 14.2 Å². The van der Waals surface area contributed by atoms with Crippen molar-refractivity contribution in [3.63, 3.8) is 0 Å². The molecule has 2 rings (SSSR count). The Balaban J connectivity index is 2.14. The SMILES string of the molecule is C=CC(=O)OCC(=O)c1ccc2cc(OCOC)ccc2c1. The molecule has 0 heterocycles. The van der Waals surface area contributed by atoms with Crippen molar-refractivity contribution in [3.8, 4) is 5.75 Å². The third kappa shape index (κ3) is 3.93. The number of carbonyl (C=O) groups is 2. The first-order valence-electron chi connectivity index (χ1n) is 6.62. The van der Waals surface area contributed by atoms with Gasteiger partial charge in [0.15, 0.2) is 19.2 Å². The van der Waals surface area contributed by atoms with E-state index >= 15 is 0 Å². The smallest absolute Gasteiger partial charge is 0.330 e. The first kappa shape index (κ1) is 15.7. The second kappa shape index (κ2) is 7.38. The topological polar surface area (TPSA) is 61.8 Å². The van der Waals surface area contributed by atoms with Crippen LogP contribution >= 0.6 is 0 Å². The molecule has 0 amide bonds. The lowest BCUT2D eigenvalue weighted by molar-refractivity contribution is -0.136. The summed E-state index contributed by atoms with van der Waals surface area (Å²) in [5.41, 5.74) is 0.481. The van der Waals surface area contributed by atoms with Gasteiger partial charge in [-0.1, -0.05) is 24.8 Å². The van der Waals surface area contributed by atoms with Crippen LogP contribution in [0.25, 0.3) is 10.8 Å². The normalized spacial score (nSPS) is 10.2. The highest BCUT2D eigenvalue weighted by Gasteiger charge is 2.09. The molecule has 5 nitrogen and oxygen atoms in total. The van der Waals surface area contributed by atoms with Gasteiger partial charge in [-0.15, -0.1) is 0 Å². The summed E-state index contributed by atoms with van der Waals surface area (Å²) < 4.78 is 15.0. The first-order valence-corrected chi connectivity index (χ1v) is 6.62. The quantitative estimate of drug-likeness (QED) is 0.340. The van der Waals surface area contributed by atoms with Crippen LogP contribution in [-0.4, -0.2) is 32.3 Å². The van der Waals surface area contributed by atoms with E-state index in [9.17, 15) is 9.59 Å². The summed E-state index contributed by atoms with van der Waals surface area (Å²) >= 11 is 0. The molecule has 0 aliphatic carbocycles. The van der Waals surface area contributed by atoms with Gasteiger partial charge in [0.2, 0.25) is 0 Å². The van der Waals surface area contributed by atoms with E-state index in [1.54, 1.807) is 25.3 Å². The molecular formula is C17H16O5. The molecule has 0 spiro atoms. The second-order valence-electron chi connectivity index (χ2n) is 4.51. The van der Waals surface area contributed by atoms with Gasteiger partial charge in [0.1, 0.15) is 5.75 Å². The molecule has 0 N–H and O–H groups in total. The highest BCUT2D eigenvalue weighted by atomic mass is 16.7. The number of hydrogen-bond acceptors (Lipinski definition) is 5. The van der Waals surface area contributed by atoms with Crippen molar-refractivity contribution in [2.75, 3.05) is 20.5 Å². The number of hydrogen-bond donors (Lipinski definition) is 0. The van der Waals surface area contributed by atoms with E-state index in [2.05, 4.69) is 6.58 Å². The Morgan fingerprint density at radius 3 is 2.59 bits per heavy atom. The van der Waals surface area contributed by atoms with E-state index in [0.717, 1.165) is 16.8 Å². The number of methoxy groups -OCH3 is 1. The molecule has 5 heteroatoms.